The Hall–Kier alpha value is -1.95. The first-order valence-corrected chi connectivity index (χ1v) is 7.86. The number of carbonyl (C=O) groups excluding carboxylic acids is 1. The molecule has 0 fully saturated rings. The number of halogens is 3. The normalized spacial score (nSPS) is 12.7. The third-order valence-corrected chi connectivity index (χ3v) is 4.31. The van der Waals surface area contributed by atoms with Gasteiger partial charge in [0.05, 0.1) is 16.5 Å². The van der Waals surface area contributed by atoms with Crippen LogP contribution in [0.2, 0.25) is 0 Å². The molecule has 122 valence electrons. The van der Waals surface area contributed by atoms with Crippen molar-refractivity contribution in [3.63, 3.8) is 0 Å². The number of anilines is 1. The van der Waals surface area contributed by atoms with Crippen LogP contribution in [0.4, 0.5) is 18.9 Å². The van der Waals surface area contributed by atoms with E-state index in [0.29, 0.717) is 0 Å². The standard InChI is InChI=1S/C17H16F3NOS/c1-11-7-9-13(10-8-11)23-12(2)16(22)21-15-6-4-3-5-14(15)17(18,19)20/h3-10,12H,1-2H3,(H,21,22). The quantitative estimate of drug-likeness (QED) is 0.782. The van der Waals surface area contributed by atoms with Gasteiger partial charge in [-0.2, -0.15) is 13.2 Å². The summed E-state index contributed by atoms with van der Waals surface area (Å²) in [6.45, 7) is 3.62. The molecule has 0 heterocycles. The summed E-state index contributed by atoms with van der Waals surface area (Å²) in [6.07, 6.45) is -4.50. The van der Waals surface area contributed by atoms with Gasteiger partial charge in [0.15, 0.2) is 0 Å². The fourth-order valence-electron chi connectivity index (χ4n) is 1.95. The second-order valence-corrected chi connectivity index (χ2v) is 6.52. The highest BCUT2D eigenvalue weighted by Gasteiger charge is 2.33. The molecule has 0 spiro atoms. The fraction of sp³-hybridized carbons (Fsp3) is 0.235. The predicted octanol–water partition coefficient (Wildman–Crippen LogP) is 5.13. The van der Waals surface area contributed by atoms with Gasteiger partial charge in [-0.3, -0.25) is 4.79 Å². The highest BCUT2D eigenvalue weighted by atomic mass is 32.2. The number of carbonyl (C=O) groups is 1. The van der Waals surface area contributed by atoms with Crippen molar-refractivity contribution in [2.45, 2.75) is 30.2 Å². The van der Waals surface area contributed by atoms with Crippen LogP contribution in [0.5, 0.6) is 0 Å². The molecule has 1 N–H and O–H groups in total. The van der Waals surface area contributed by atoms with E-state index in [1.165, 1.54) is 30.0 Å². The minimum atomic E-state index is -4.50. The van der Waals surface area contributed by atoms with Crippen molar-refractivity contribution in [2.24, 2.45) is 0 Å². The minimum absolute atomic E-state index is 0.221. The molecular formula is C17H16F3NOS. The molecule has 2 aromatic rings. The maximum atomic E-state index is 12.9. The first-order valence-electron chi connectivity index (χ1n) is 6.98. The molecule has 2 rings (SSSR count). The summed E-state index contributed by atoms with van der Waals surface area (Å²) in [5, 5.41) is 1.85. The Kier molecular flexibility index (Phi) is 5.36. The Balaban J connectivity index is 2.08. The molecule has 0 radical (unpaired) electrons. The topological polar surface area (TPSA) is 29.1 Å². The molecule has 1 amide bonds. The van der Waals surface area contributed by atoms with Crippen LogP contribution >= 0.6 is 11.8 Å². The SMILES string of the molecule is Cc1ccc(SC(C)C(=O)Nc2ccccc2C(F)(F)F)cc1. The molecule has 0 aliphatic carbocycles. The lowest BCUT2D eigenvalue weighted by atomic mass is 10.1. The number of thioether (sulfide) groups is 1. The van der Waals surface area contributed by atoms with Gasteiger partial charge in [-0.25, -0.2) is 0 Å². The third-order valence-electron chi connectivity index (χ3n) is 3.19. The van der Waals surface area contributed by atoms with Crippen LogP contribution < -0.4 is 5.32 Å². The van der Waals surface area contributed by atoms with Gasteiger partial charge in [0, 0.05) is 4.90 Å². The van der Waals surface area contributed by atoms with Crippen molar-refractivity contribution in [1.82, 2.24) is 0 Å². The molecule has 0 saturated heterocycles. The van der Waals surface area contributed by atoms with Gasteiger partial charge in [-0.15, -0.1) is 11.8 Å². The van der Waals surface area contributed by atoms with E-state index in [1.807, 2.05) is 31.2 Å². The minimum Gasteiger partial charge on any atom is -0.325 e. The van der Waals surface area contributed by atoms with Gasteiger partial charge in [0.25, 0.3) is 0 Å². The van der Waals surface area contributed by atoms with E-state index in [-0.39, 0.29) is 5.69 Å². The number of amides is 1. The average Bonchev–Trinajstić information content (AvgIpc) is 2.49. The van der Waals surface area contributed by atoms with Crippen molar-refractivity contribution in [3.05, 3.63) is 59.7 Å². The van der Waals surface area contributed by atoms with Gasteiger partial charge >= 0.3 is 6.18 Å². The van der Waals surface area contributed by atoms with E-state index in [1.54, 1.807) is 6.92 Å². The van der Waals surface area contributed by atoms with Gasteiger partial charge in [-0.05, 0) is 38.1 Å². The van der Waals surface area contributed by atoms with Gasteiger partial charge in [0.2, 0.25) is 5.91 Å². The van der Waals surface area contributed by atoms with Crippen LogP contribution in [-0.4, -0.2) is 11.2 Å². The summed E-state index contributed by atoms with van der Waals surface area (Å²) in [5.41, 5.74) is 0.0350. The van der Waals surface area contributed by atoms with Gasteiger partial charge in [0.1, 0.15) is 0 Å². The number of rotatable bonds is 4. The molecule has 0 aliphatic rings. The summed E-state index contributed by atoms with van der Waals surface area (Å²) < 4.78 is 38.8. The van der Waals surface area contributed by atoms with Crippen molar-refractivity contribution in [3.8, 4) is 0 Å². The smallest absolute Gasteiger partial charge is 0.325 e. The van der Waals surface area contributed by atoms with Crippen molar-refractivity contribution in [1.29, 1.82) is 0 Å². The third kappa shape index (κ3) is 4.76. The number of alkyl halides is 3. The largest absolute Gasteiger partial charge is 0.418 e. The molecule has 0 aromatic heterocycles. The summed E-state index contributed by atoms with van der Waals surface area (Å²) in [7, 11) is 0. The number of nitrogens with one attached hydrogen (secondary N) is 1. The first-order chi connectivity index (χ1) is 10.8. The van der Waals surface area contributed by atoms with Crippen molar-refractivity contribution >= 4 is 23.4 Å². The van der Waals surface area contributed by atoms with Crippen LogP contribution in [0.1, 0.15) is 18.1 Å². The maximum absolute atomic E-state index is 12.9. The molecule has 23 heavy (non-hydrogen) atoms. The summed E-state index contributed by atoms with van der Waals surface area (Å²) in [4.78, 5) is 13.1. The maximum Gasteiger partial charge on any atom is 0.418 e. The number of benzene rings is 2. The highest BCUT2D eigenvalue weighted by Crippen LogP contribution is 2.35. The van der Waals surface area contributed by atoms with Crippen LogP contribution in [0.3, 0.4) is 0 Å². The molecular weight excluding hydrogens is 323 g/mol. The number of para-hydroxylation sites is 1. The second kappa shape index (κ2) is 7.08. The lowest BCUT2D eigenvalue weighted by Gasteiger charge is -2.16. The van der Waals surface area contributed by atoms with E-state index in [0.717, 1.165) is 16.5 Å². The molecule has 1 atom stereocenters. The molecule has 1 unspecified atom stereocenters. The predicted molar refractivity (Wildman–Crippen MR) is 86.6 cm³/mol. The second-order valence-electron chi connectivity index (χ2n) is 5.11. The van der Waals surface area contributed by atoms with E-state index < -0.39 is 22.9 Å². The lowest BCUT2D eigenvalue weighted by Crippen LogP contribution is -2.24. The van der Waals surface area contributed by atoms with Crippen molar-refractivity contribution in [2.75, 3.05) is 5.32 Å². The zero-order chi connectivity index (χ0) is 17.0. The van der Waals surface area contributed by atoms with Crippen LogP contribution in [-0.2, 0) is 11.0 Å². The van der Waals surface area contributed by atoms with Crippen LogP contribution in [0.25, 0.3) is 0 Å². The molecule has 0 bridgehead atoms. The molecule has 6 heteroatoms. The Morgan fingerprint density at radius 2 is 1.70 bits per heavy atom. The zero-order valence-electron chi connectivity index (χ0n) is 12.6. The van der Waals surface area contributed by atoms with E-state index in [4.69, 9.17) is 0 Å². The Morgan fingerprint density at radius 3 is 2.30 bits per heavy atom. The number of hydrogen-bond acceptors (Lipinski definition) is 2. The number of hydrogen-bond donors (Lipinski definition) is 1. The molecule has 2 aromatic carbocycles. The Labute approximate surface area is 137 Å². The van der Waals surface area contributed by atoms with Gasteiger partial charge < -0.3 is 5.32 Å². The summed E-state index contributed by atoms with van der Waals surface area (Å²) in [5.74, 6) is -0.465. The van der Waals surface area contributed by atoms with Crippen LogP contribution in [0, 0.1) is 6.92 Å². The molecule has 2 nitrogen and oxygen atoms in total. The Bertz CT molecular complexity index is 683. The summed E-state index contributed by atoms with van der Waals surface area (Å²) >= 11 is 1.30. The van der Waals surface area contributed by atoms with Crippen molar-refractivity contribution < 1.29 is 18.0 Å². The Morgan fingerprint density at radius 1 is 1.09 bits per heavy atom. The summed E-state index contributed by atoms with van der Waals surface area (Å²) in [6, 6.07) is 12.6. The zero-order valence-corrected chi connectivity index (χ0v) is 13.5. The van der Waals surface area contributed by atoms with Gasteiger partial charge in [-0.1, -0.05) is 29.8 Å². The number of aryl methyl sites for hydroxylation is 1. The van der Waals surface area contributed by atoms with E-state index in [2.05, 4.69) is 5.32 Å². The molecule has 0 saturated carbocycles. The van der Waals surface area contributed by atoms with E-state index in [9.17, 15) is 18.0 Å². The lowest BCUT2D eigenvalue weighted by molar-refractivity contribution is -0.137. The van der Waals surface area contributed by atoms with Crippen LogP contribution in [0.15, 0.2) is 53.4 Å². The fourth-order valence-corrected chi connectivity index (χ4v) is 2.82. The first kappa shape index (κ1) is 17.4. The molecule has 0 aliphatic heterocycles. The monoisotopic (exact) mass is 339 g/mol. The average molecular weight is 339 g/mol. The highest BCUT2D eigenvalue weighted by molar-refractivity contribution is 8.00. The van der Waals surface area contributed by atoms with E-state index >= 15 is 0 Å².